The molecule has 1 N–H and O–H groups in total. The third-order valence-corrected chi connectivity index (χ3v) is 4.13. The number of benzene rings is 2. The zero-order valence-corrected chi connectivity index (χ0v) is 15.6. The second-order valence-corrected chi connectivity index (χ2v) is 6.06. The van der Waals surface area contributed by atoms with Crippen molar-refractivity contribution in [3.05, 3.63) is 56.6 Å². The quantitative estimate of drug-likeness (QED) is 0.436. The third-order valence-electron chi connectivity index (χ3n) is 3.73. The van der Waals surface area contributed by atoms with Gasteiger partial charge in [-0.3, -0.25) is 19.7 Å². The Labute approximate surface area is 160 Å². The number of nitrogens with one attached hydrogen (secondary N) is 1. The van der Waals surface area contributed by atoms with Crippen LogP contribution >= 0.6 is 11.6 Å². The second kappa shape index (κ2) is 8.50. The number of halogens is 1. The van der Waals surface area contributed by atoms with E-state index in [0.29, 0.717) is 22.7 Å². The highest BCUT2D eigenvalue weighted by molar-refractivity contribution is 6.31. The van der Waals surface area contributed by atoms with Crippen molar-refractivity contribution in [1.82, 2.24) is 0 Å². The van der Waals surface area contributed by atoms with Crippen LogP contribution in [-0.4, -0.2) is 30.3 Å². The number of rotatable bonds is 7. The van der Waals surface area contributed by atoms with Gasteiger partial charge in [0.2, 0.25) is 0 Å². The van der Waals surface area contributed by atoms with E-state index in [0.717, 1.165) is 11.6 Å². The molecular formula is C18H17ClN2O6. The van der Waals surface area contributed by atoms with Crippen LogP contribution in [0.2, 0.25) is 5.02 Å². The molecule has 0 saturated carbocycles. The summed E-state index contributed by atoms with van der Waals surface area (Å²) in [7, 11) is 1.44. The van der Waals surface area contributed by atoms with E-state index in [4.69, 9.17) is 21.1 Å². The van der Waals surface area contributed by atoms with Crippen LogP contribution in [0.5, 0.6) is 11.5 Å². The lowest BCUT2D eigenvalue weighted by Crippen LogP contribution is -2.30. The van der Waals surface area contributed by atoms with Gasteiger partial charge in [0.1, 0.15) is 12.0 Å². The number of aldehydes is 1. The molecule has 0 fully saturated rings. The maximum absolute atomic E-state index is 12.4. The Kier molecular flexibility index (Phi) is 6.36. The van der Waals surface area contributed by atoms with Gasteiger partial charge in [-0.2, -0.15) is 0 Å². The van der Waals surface area contributed by atoms with Gasteiger partial charge in [0, 0.05) is 22.7 Å². The minimum Gasteiger partial charge on any atom is -0.495 e. The molecule has 9 heteroatoms. The number of nitro benzene ring substituents is 1. The number of carbonyl (C=O) groups excluding carboxylic acids is 2. The average molecular weight is 393 g/mol. The van der Waals surface area contributed by atoms with Crippen molar-refractivity contribution in [2.45, 2.75) is 20.0 Å². The molecule has 0 radical (unpaired) electrons. The maximum atomic E-state index is 12.4. The molecule has 1 atom stereocenters. The van der Waals surface area contributed by atoms with E-state index in [1.807, 2.05) is 0 Å². The number of nitrogens with zero attached hydrogens (tertiary/aromatic N) is 1. The van der Waals surface area contributed by atoms with Crippen LogP contribution < -0.4 is 14.8 Å². The number of anilines is 1. The van der Waals surface area contributed by atoms with Crippen LogP contribution in [0.25, 0.3) is 0 Å². The summed E-state index contributed by atoms with van der Waals surface area (Å²) in [5.41, 5.74) is 0.860. The molecule has 0 unspecified atom stereocenters. The van der Waals surface area contributed by atoms with E-state index in [9.17, 15) is 19.7 Å². The number of amides is 1. The number of aryl methyl sites for hydroxylation is 1. The topological polar surface area (TPSA) is 108 Å². The fraction of sp³-hybridized carbons (Fsp3) is 0.222. The van der Waals surface area contributed by atoms with Crippen molar-refractivity contribution in [2.24, 2.45) is 0 Å². The lowest BCUT2D eigenvalue weighted by molar-refractivity contribution is -0.386. The number of nitro groups is 1. The van der Waals surface area contributed by atoms with Gasteiger partial charge in [0.25, 0.3) is 5.91 Å². The first-order valence-corrected chi connectivity index (χ1v) is 8.20. The standard InChI is InChI=1S/C18H17ClN2O6/c1-10-6-14(17(26-3)8-13(10)19)20-18(23)11(2)27-16-5-4-12(9-22)7-15(16)21(24)25/h4-9,11H,1-3H3,(H,20,23)/t11-/m0/s1. The predicted molar refractivity (Wildman–Crippen MR) is 99.9 cm³/mol. The Balaban J connectivity index is 2.21. The molecule has 0 aliphatic rings. The van der Waals surface area contributed by atoms with Crippen molar-refractivity contribution < 1.29 is 24.0 Å². The Bertz CT molecular complexity index is 900. The summed E-state index contributed by atoms with van der Waals surface area (Å²) in [6.07, 6.45) is -0.561. The van der Waals surface area contributed by atoms with Crippen molar-refractivity contribution in [3.8, 4) is 11.5 Å². The van der Waals surface area contributed by atoms with Gasteiger partial charge in [-0.1, -0.05) is 11.6 Å². The highest BCUT2D eigenvalue weighted by Gasteiger charge is 2.22. The molecule has 2 rings (SSSR count). The Hall–Kier alpha value is -3.13. The number of hydrogen-bond acceptors (Lipinski definition) is 6. The monoisotopic (exact) mass is 392 g/mol. The van der Waals surface area contributed by atoms with Crippen LogP contribution in [0.15, 0.2) is 30.3 Å². The van der Waals surface area contributed by atoms with Gasteiger partial charge in [-0.25, -0.2) is 0 Å². The molecule has 0 saturated heterocycles. The zero-order chi connectivity index (χ0) is 20.1. The van der Waals surface area contributed by atoms with Crippen molar-refractivity contribution in [3.63, 3.8) is 0 Å². The zero-order valence-electron chi connectivity index (χ0n) is 14.8. The fourth-order valence-electron chi connectivity index (χ4n) is 2.26. The summed E-state index contributed by atoms with van der Waals surface area (Å²) in [5, 5.41) is 14.3. The summed E-state index contributed by atoms with van der Waals surface area (Å²) in [4.78, 5) is 33.7. The van der Waals surface area contributed by atoms with Crippen molar-refractivity contribution in [1.29, 1.82) is 0 Å². The highest BCUT2D eigenvalue weighted by Crippen LogP contribution is 2.32. The molecule has 0 aromatic heterocycles. The van der Waals surface area contributed by atoms with E-state index in [-0.39, 0.29) is 11.3 Å². The maximum Gasteiger partial charge on any atom is 0.311 e. The van der Waals surface area contributed by atoms with E-state index in [1.54, 1.807) is 19.1 Å². The number of carbonyl (C=O) groups is 2. The summed E-state index contributed by atoms with van der Waals surface area (Å²) < 4.78 is 10.6. The third kappa shape index (κ3) is 4.73. The predicted octanol–water partition coefficient (Wildman–Crippen LogP) is 3.78. The Morgan fingerprint density at radius 2 is 2.00 bits per heavy atom. The van der Waals surface area contributed by atoms with Gasteiger partial charge >= 0.3 is 5.69 Å². The van der Waals surface area contributed by atoms with Gasteiger partial charge < -0.3 is 14.8 Å². The Morgan fingerprint density at radius 3 is 2.59 bits per heavy atom. The van der Waals surface area contributed by atoms with Crippen molar-refractivity contribution in [2.75, 3.05) is 12.4 Å². The van der Waals surface area contributed by atoms with E-state index in [1.165, 1.54) is 26.2 Å². The smallest absolute Gasteiger partial charge is 0.311 e. The summed E-state index contributed by atoms with van der Waals surface area (Å²) in [6, 6.07) is 6.94. The fourth-order valence-corrected chi connectivity index (χ4v) is 2.41. The molecule has 8 nitrogen and oxygen atoms in total. The molecule has 0 spiro atoms. The summed E-state index contributed by atoms with van der Waals surface area (Å²) in [5.74, 6) is -0.288. The second-order valence-electron chi connectivity index (χ2n) is 5.65. The Morgan fingerprint density at radius 1 is 1.30 bits per heavy atom. The SMILES string of the molecule is COc1cc(Cl)c(C)cc1NC(=O)[C@H](C)Oc1ccc(C=O)cc1[N+](=O)[O-]. The molecule has 1 amide bonds. The van der Waals surface area contributed by atoms with E-state index >= 15 is 0 Å². The summed E-state index contributed by atoms with van der Waals surface area (Å²) in [6.45, 7) is 3.22. The first-order valence-electron chi connectivity index (χ1n) is 7.82. The van der Waals surface area contributed by atoms with Gasteiger partial charge in [-0.15, -0.1) is 0 Å². The van der Waals surface area contributed by atoms with Crippen LogP contribution in [0.1, 0.15) is 22.8 Å². The number of methoxy groups -OCH3 is 1. The lowest BCUT2D eigenvalue weighted by Gasteiger charge is -2.17. The average Bonchev–Trinajstić information content (AvgIpc) is 2.64. The molecule has 2 aromatic carbocycles. The molecule has 142 valence electrons. The molecule has 0 bridgehead atoms. The van der Waals surface area contributed by atoms with Crippen LogP contribution in [-0.2, 0) is 4.79 Å². The minimum atomic E-state index is -1.05. The first kappa shape index (κ1) is 20.2. The van der Waals surface area contributed by atoms with E-state index in [2.05, 4.69) is 5.32 Å². The van der Waals surface area contributed by atoms with E-state index < -0.39 is 22.6 Å². The number of ether oxygens (including phenoxy) is 2. The van der Waals surface area contributed by atoms with Crippen molar-refractivity contribution >= 4 is 35.2 Å². The van der Waals surface area contributed by atoms with Gasteiger partial charge in [-0.05, 0) is 37.6 Å². The molecule has 0 aliphatic carbocycles. The largest absolute Gasteiger partial charge is 0.495 e. The molecule has 0 heterocycles. The van der Waals surface area contributed by atoms with Crippen LogP contribution in [0.3, 0.4) is 0 Å². The summed E-state index contributed by atoms with van der Waals surface area (Å²) >= 11 is 6.04. The molecular weight excluding hydrogens is 376 g/mol. The van der Waals surface area contributed by atoms with Crippen LogP contribution in [0, 0.1) is 17.0 Å². The molecule has 27 heavy (non-hydrogen) atoms. The first-order chi connectivity index (χ1) is 12.8. The highest BCUT2D eigenvalue weighted by atomic mass is 35.5. The molecule has 2 aromatic rings. The minimum absolute atomic E-state index is 0.118. The number of hydrogen-bond donors (Lipinski definition) is 1. The molecule has 0 aliphatic heterocycles. The normalized spacial score (nSPS) is 11.4. The lowest BCUT2D eigenvalue weighted by atomic mass is 10.2. The van der Waals surface area contributed by atoms with Gasteiger partial charge in [0.05, 0.1) is 17.7 Å². The van der Waals surface area contributed by atoms with Crippen LogP contribution in [0.4, 0.5) is 11.4 Å². The van der Waals surface area contributed by atoms with Gasteiger partial charge in [0.15, 0.2) is 11.9 Å².